The summed E-state index contributed by atoms with van der Waals surface area (Å²) in [6, 6.07) is 10.9. The zero-order chi connectivity index (χ0) is 19.6. The maximum absolute atomic E-state index is 12.8. The average molecular weight is 390 g/mol. The van der Waals surface area contributed by atoms with Crippen LogP contribution in [0.3, 0.4) is 0 Å². The quantitative estimate of drug-likeness (QED) is 0.507. The SMILES string of the molecule is CCCNC(=O)c1nc(C)ccc1C(=O)Nc1ccccc1CCOCCl. The minimum Gasteiger partial charge on any atom is -0.365 e. The van der Waals surface area contributed by atoms with Crippen LogP contribution < -0.4 is 10.6 Å². The van der Waals surface area contributed by atoms with Crippen LogP contribution in [0.1, 0.15) is 45.4 Å². The van der Waals surface area contributed by atoms with E-state index in [9.17, 15) is 9.59 Å². The molecule has 0 saturated carbocycles. The third kappa shape index (κ3) is 6.05. The minimum atomic E-state index is -0.380. The van der Waals surface area contributed by atoms with Gasteiger partial charge in [0.25, 0.3) is 11.8 Å². The van der Waals surface area contributed by atoms with Crippen molar-refractivity contribution in [2.45, 2.75) is 26.7 Å². The highest BCUT2D eigenvalue weighted by atomic mass is 35.5. The van der Waals surface area contributed by atoms with Gasteiger partial charge in [0.2, 0.25) is 0 Å². The van der Waals surface area contributed by atoms with E-state index in [-0.39, 0.29) is 29.1 Å². The van der Waals surface area contributed by atoms with Gasteiger partial charge in [0.05, 0.1) is 12.2 Å². The number of pyridine rings is 1. The zero-order valence-corrected chi connectivity index (χ0v) is 16.3. The van der Waals surface area contributed by atoms with Gasteiger partial charge in [-0.25, -0.2) is 4.98 Å². The number of para-hydroxylation sites is 1. The molecule has 0 aliphatic heterocycles. The van der Waals surface area contributed by atoms with Crippen LogP contribution in [0.5, 0.6) is 0 Å². The Labute approximate surface area is 164 Å². The summed E-state index contributed by atoms with van der Waals surface area (Å²) in [7, 11) is 0. The molecule has 2 aromatic rings. The molecule has 2 amide bonds. The van der Waals surface area contributed by atoms with Crippen molar-refractivity contribution in [2.75, 3.05) is 24.5 Å². The molecule has 1 heterocycles. The number of carbonyl (C=O) groups excluding carboxylic acids is 2. The molecule has 0 aliphatic rings. The summed E-state index contributed by atoms with van der Waals surface area (Å²) in [5, 5.41) is 5.65. The number of hydrogen-bond acceptors (Lipinski definition) is 4. The largest absolute Gasteiger partial charge is 0.365 e. The maximum atomic E-state index is 12.8. The average Bonchev–Trinajstić information content (AvgIpc) is 2.67. The van der Waals surface area contributed by atoms with Crippen LogP contribution in [0.4, 0.5) is 5.69 Å². The van der Waals surface area contributed by atoms with E-state index in [2.05, 4.69) is 15.6 Å². The summed E-state index contributed by atoms with van der Waals surface area (Å²) < 4.78 is 5.17. The second kappa shape index (κ2) is 10.6. The van der Waals surface area contributed by atoms with E-state index in [1.54, 1.807) is 19.1 Å². The first-order chi connectivity index (χ1) is 13.1. The van der Waals surface area contributed by atoms with E-state index < -0.39 is 0 Å². The van der Waals surface area contributed by atoms with Crippen LogP contribution in [0, 0.1) is 6.92 Å². The number of hydrogen-bond donors (Lipinski definition) is 2. The number of carbonyl (C=O) groups is 2. The molecular formula is C20H24ClN3O3. The number of anilines is 1. The van der Waals surface area contributed by atoms with Crippen LogP contribution in [-0.2, 0) is 11.2 Å². The van der Waals surface area contributed by atoms with E-state index in [1.807, 2.05) is 31.2 Å². The molecule has 2 N–H and O–H groups in total. The highest BCUT2D eigenvalue weighted by molar-refractivity contribution is 6.17. The first-order valence-corrected chi connectivity index (χ1v) is 9.39. The molecule has 6 nitrogen and oxygen atoms in total. The molecule has 0 unspecified atom stereocenters. The maximum Gasteiger partial charge on any atom is 0.270 e. The predicted molar refractivity (Wildman–Crippen MR) is 106 cm³/mol. The second-order valence-corrected chi connectivity index (χ2v) is 6.20. The van der Waals surface area contributed by atoms with Gasteiger partial charge in [-0.2, -0.15) is 0 Å². The lowest BCUT2D eigenvalue weighted by Crippen LogP contribution is -2.28. The monoisotopic (exact) mass is 389 g/mol. The molecule has 0 saturated heterocycles. The summed E-state index contributed by atoms with van der Waals surface area (Å²) in [4.78, 5) is 29.5. The topological polar surface area (TPSA) is 80.3 Å². The Kier molecular flexibility index (Phi) is 8.23. The summed E-state index contributed by atoms with van der Waals surface area (Å²) >= 11 is 5.53. The number of aryl methyl sites for hydroxylation is 1. The van der Waals surface area contributed by atoms with Gasteiger partial charge in [-0.15, -0.1) is 0 Å². The van der Waals surface area contributed by atoms with Gasteiger partial charge in [-0.3, -0.25) is 9.59 Å². The van der Waals surface area contributed by atoms with Crippen molar-refractivity contribution in [3.63, 3.8) is 0 Å². The molecule has 7 heteroatoms. The lowest BCUT2D eigenvalue weighted by Gasteiger charge is -2.13. The predicted octanol–water partition coefficient (Wildman–Crippen LogP) is 3.54. The number of nitrogens with one attached hydrogen (secondary N) is 2. The Bertz CT molecular complexity index is 796. The molecule has 0 aliphatic carbocycles. The van der Waals surface area contributed by atoms with Gasteiger partial charge in [0.15, 0.2) is 0 Å². The molecule has 0 spiro atoms. The van der Waals surface area contributed by atoms with Crippen molar-refractivity contribution in [3.05, 3.63) is 58.9 Å². The number of amides is 2. The number of rotatable bonds is 9. The summed E-state index contributed by atoms with van der Waals surface area (Å²) in [6.45, 7) is 4.72. The fraction of sp³-hybridized carbons (Fsp3) is 0.350. The number of benzene rings is 1. The van der Waals surface area contributed by atoms with E-state index >= 15 is 0 Å². The fourth-order valence-electron chi connectivity index (χ4n) is 2.52. The highest BCUT2D eigenvalue weighted by Gasteiger charge is 2.19. The molecule has 0 fully saturated rings. The van der Waals surface area contributed by atoms with Crippen molar-refractivity contribution in [1.82, 2.24) is 10.3 Å². The summed E-state index contributed by atoms with van der Waals surface area (Å²) in [5.74, 6) is -0.732. The smallest absolute Gasteiger partial charge is 0.270 e. The van der Waals surface area contributed by atoms with Gasteiger partial charge in [-0.05, 0) is 43.5 Å². The standard InChI is InChI=1S/C20H24ClN3O3/c1-3-11-22-20(26)18-16(9-8-14(2)23-18)19(25)24-17-7-5-4-6-15(17)10-12-27-13-21/h4-9H,3,10-13H2,1-2H3,(H,22,26)(H,24,25). The molecule has 2 rings (SSSR count). The molecule has 0 atom stereocenters. The van der Waals surface area contributed by atoms with Gasteiger partial charge < -0.3 is 15.4 Å². The summed E-state index contributed by atoms with van der Waals surface area (Å²) in [6.07, 6.45) is 1.41. The first kappa shape index (κ1) is 20.9. The Morgan fingerprint density at radius 2 is 1.93 bits per heavy atom. The van der Waals surface area contributed by atoms with Crippen LogP contribution in [0.25, 0.3) is 0 Å². The van der Waals surface area contributed by atoms with E-state index in [1.165, 1.54) is 0 Å². The van der Waals surface area contributed by atoms with Crippen molar-refractivity contribution < 1.29 is 14.3 Å². The lowest BCUT2D eigenvalue weighted by atomic mass is 10.1. The van der Waals surface area contributed by atoms with Gasteiger partial charge in [0.1, 0.15) is 11.8 Å². The highest BCUT2D eigenvalue weighted by Crippen LogP contribution is 2.18. The summed E-state index contributed by atoms with van der Waals surface area (Å²) in [5.41, 5.74) is 2.63. The fourth-order valence-corrected chi connectivity index (χ4v) is 2.63. The normalized spacial score (nSPS) is 10.5. The molecule has 1 aromatic carbocycles. The van der Waals surface area contributed by atoms with Crippen LogP contribution in [0.2, 0.25) is 0 Å². The van der Waals surface area contributed by atoms with Crippen LogP contribution in [0.15, 0.2) is 36.4 Å². The molecular weight excluding hydrogens is 366 g/mol. The Hall–Kier alpha value is -2.44. The van der Waals surface area contributed by atoms with E-state index in [0.717, 1.165) is 12.0 Å². The minimum absolute atomic E-state index is 0.125. The number of nitrogens with zero attached hydrogens (tertiary/aromatic N) is 1. The van der Waals surface area contributed by atoms with Crippen LogP contribution >= 0.6 is 11.6 Å². The van der Waals surface area contributed by atoms with Gasteiger partial charge in [0, 0.05) is 17.9 Å². The third-order valence-corrected chi connectivity index (χ3v) is 4.04. The van der Waals surface area contributed by atoms with Crippen molar-refractivity contribution in [3.8, 4) is 0 Å². The van der Waals surface area contributed by atoms with Gasteiger partial charge in [-0.1, -0.05) is 36.7 Å². The van der Waals surface area contributed by atoms with E-state index in [4.69, 9.17) is 16.3 Å². The van der Waals surface area contributed by atoms with Crippen LogP contribution in [-0.4, -0.2) is 36.0 Å². The van der Waals surface area contributed by atoms with Crippen molar-refractivity contribution in [1.29, 1.82) is 0 Å². The first-order valence-electron chi connectivity index (χ1n) is 8.85. The molecule has 0 bridgehead atoms. The van der Waals surface area contributed by atoms with Crippen molar-refractivity contribution in [2.24, 2.45) is 0 Å². The molecule has 0 radical (unpaired) electrons. The Morgan fingerprint density at radius 3 is 2.67 bits per heavy atom. The molecule has 1 aromatic heterocycles. The molecule has 27 heavy (non-hydrogen) atoms. The molecule has 144 valence electrons. The Morgan fingerprint density at radius 1 is 1.15 bits per heavy atom. The second-order valence-electron chi connectivity index (χ2n) is 5.98. The number of aromatic nitrogens is 1. The number of ether oxygens (including phenoxy) is 1. The third-order valence-electron chi connectivity index (χ3n) is 3.89. The van der Waals surface area contributed by atoms with E-state index in [0.29, 0.717) is 31.0 Å². The Balaban J connectivity index is 2.22. The lowest BCUT2D eigenvalue weighted by molar-refractivity contribution is 0.0935. The van der Waals surface area contributed by atoms with Gasteiger partial charge >= 0.3 is 0 Å². The number of halogens is 1. The van der Waals surface area contributed by atoms with Crippen molar-refractivity contribution >= 4 is 29.1 Å². The number of alkyl halides is 1. The zero-order valence-electron chi connectivity index (χ0n) is 15.5.